The van der Waals surface area contributed by atoms with Crippen LogP contribution in [0.5, 0.6) is 0 Å². The van der Waals surface area contributed by atoms with Crippen LogP contribution in [0, 0.1) is 5.92 Å². The summed E-state index contributed by atoms with van der Waals surface area (Å²) in [5.41, 5.74) is 0.670. The monoisotopic (exact) mass is 339 g/mol. The van der Waals surface area contributed by atoms with Gasteiger partial charge in [-0.2, -0.15) is 0 Å². The van der Waals surface area contributed by atoms with Gasteiger partial charge in [-0.1, -0.05) is 0 Å². The predicted molar refractivity (Wildman–Crippen MR) is 91.0 cm³/mol. The Morgan fingerprint density at radius 1 is 1.12 bits per heavy atom. The summed E-state index contributed by atoms with van der Waals surface area (Å²) in [7, 11) is 1.67. The quantitative estimate of drug-likeness (QED) is 0.608. The van der Waals surface area contributed by atoms with Gasteiger partial charge in [0.25, 0.3) is 0 Å². The molecule has 0 unspecified atom stereocenters. The van der Waals surface area contributed by atoms with Crippen molar-refractivity contribution in [2.45, 2.75) is 25.9 Å². The van der Waals surface area contributed by atoms with E-state index in [1.165, 1.54) is 0 Å². The molecule has 0 saturated carbocycles. The first kappa shape index (κ1) is 19.1. The molecule has 1 saturated heterocycles. The molecule has 0 bridgehead atoms. The second-order valence-corrected chi connectivity index (χ2v) is 5.94. The molecule has 0 spiro atoms. The van der Waals surface area contributed by atoms with Gasteiger partial charge in [-0.15, -0.1) is 0 Å². The fraction of sp³-hybridized carbons (Fsp3) is 0.765. The lowest BCUT2D eigenvalue weighted by atomic mass is 9.94. The summed E-state index contributed by atoms with van der Waals surface area (Å²) < 4.78 is 15.9. The van der Waals surface area contributed by atoms with E-state index in [0.717, 1.165) is 44.9 Å². The van der Waals surface area contributed by atoms with Crippen LogP contribution < -0.4 is 4.90 Å². The number of hydrogen-bond donors (Lipinski definition) is 1. The number of nitrogens with zero attached hydrogens (tertiary/aromatic N) is 3. The van der Waals surface area contributed by atoms with Crippen molar-refractivity contribution >= 4 is 5.95 Å². The highest BCUT2D eigenvalue weighted by Crippen LogP contribution is 2.23. The first-order valence-corrected chi connectivity index (χ1v) is 8.65. The van der Waals surface area contributed by atoms with E-state index in [9.17, 15) is 0 Å². The summed E-state index contributed by atoms with van der Waals surface area (Å²) in [6.07, 6.45) is 5.05. The number of ether oxygens (including phenoxy) is 3. The number of rotatable bonds is 11. The van der Waals surface area contributed by atoms with E-state index < -0.39 is 0 Å². The van der Waals surface area contributed by atoms with Gasteiger partial charge in [0, 0.05) is 33.0 Å². The minimum absolute atomic E-state index is 0.0431. The normalized spacial score (nSPS) is 15.8. The third-order valence-electron chi connectivity index (χ3n) is 4.23. The van der Waals surface area contributed by atoms with Crippen molar-refractivity contribution in [1.29, 1.82) is 0 Å². The molecule has 0 amide bonds. The first-order valence-electron chi connectivity index (χ1n) is 8.65. The number of piperidine rings is 1. The van der Waals surface area contributed by atoms with E-state index in [1.54, 1.807) is 19.4 Å². The van der Waals surface area contributed by atoms with E-state index in [4.69, 9.17) is 19.3 Å². The Hall–Kier alpha value is -1.28. The molecule has 0 aliphatic carbocycles. The van der Waals surface area contributed by atoms with Gasteiger partial charge >= 0.3 is 0 Å². The maximum Gasteiger partial charge on any atom is 0.225 e. The maximum absolute atomic E-state index is 9.17. The Bertz CT molecular complexity index is 453. The van der Waals surface area contributed by atoms with Crippen LogP contribution in [-0.4, -0.2) is 68.3 Å². The summed E-state index contributed by atoms with van der Waals surface area (Å²) in [5, 5.41) is 9.17. The number of anilines is 1. The summed E-state index contributed by atoms with van der Waals surface area (Å²) in [6.45, 7) is 5.18. The Kier molecular flexibility index (Phi) is 8.97. The van der Waals surface area contributed by atoms with Crippen LogP contribution in [0.1, 0.15) is 25.0 Å². The van der Waals surface area contributed by atoms with Gasteiger partial charge in [-0.05, 0) is 31.2 Å². The van der Waals surface area contributed by atoms with Gasteiger partial charge in [0.05, 0.1) is 38.7 Å². The van der Waals surface area contributed by atoms with Gasteiger partial charge in [0.15, 0.2) is 0 Å². The fourth-order valence-electron chi connectivity index (χ4n) is 2.76. The zero-order chi connectivity index (χ0) is 17.0. The molecule has 2 rings (SSSR count). The van der Waals surface area contributed by atoms with Gasteiger partial charge in [-0.3, -0.25) is 0 Å². The third kappa shape index (κ3) is 6.68. The second-order valence-electron chi connectivity index (χ2n) is 5.94. The molecule has 1 fully saturated rings. The van der Waals surface area contributed by atoms with Crippen LogP contribution in [0.2, 0.25) is 0 Å². The number of aromatic nitrogens is 2. The van der Waals surface area contributed by atoms with Gasteiger partial charge in [0.1, 0.15) is 0 Å². The molecule has 136 valence electrons. The lowest BCUT2D eigenvalue weighted by Crippen LogP contribution is -2.35. The van der Waals surface area contributed by atoms with E-state index >= 15 is 0 Å². The topological polar surface area (TPSA) is 76.9 Å². The highest BCUT2D eigenvalue weighted by atomic mass is 16.5. The fourth-order valence-corrected chi connectivity index (χ4v) is 2.76. The van der Waals surface area contributed by atoms with Crippen LogP contribution in [0.15, 0.2) is 12.3 Å². The van der Waals surface area contributed by atoms with Crippen molar-refractivity contribution in [2.24, 2.45) is 5.92 Å². The van der Waals surface area contributed by atoms with Crippen LogP contribution in [0.3, 0.4) is 0 Å². The number of aliphatic hydroxyl groups is 1. The number of aliphatic hydroxyl groups excluding tert-OH is 1. The molecular formula is C17H29N3O4. The Morgan fingerprint density at radius 2 is 1.83 bits per heavy atom. The van der Waals surface area contributed by atoms with E-state index in [1.807, 2.05) is 0 Å². The highest BCUT2D eigenvalue weighted by Gasteiger charge is 2.20. The molecule has 0 radical (unpaired) electrons. The maximum atomic E-state index is 9.17. The summed E-state index contributed by atoms with van der Waals surface area (Å²) in [4.78, 5) is 10.9. The van der Waals surface area contributed by atoms with Crippen LogP contribution in [-0.2, 0) is 20.8 Å². The Morgan fingerprint density at radius 3 is 2.54 bits per heavy atom. The molecule has 7 nitrogen and oxygen atoms in total. The molecule has 0 atom stereocenters. The number of methoxy groups -OCH3 is 1. The van der Waals surface area contributed by atoms with Gasteiger partial charge in [-0.25, -0.2) is 9.97 Å². The third-order valence-corrected chi connectivity index (χ3v) is 4.23. The predicted octanol–water partition coefficient (Wildman–Crippen LogP) is 1.25. The lowest BCUT2D eigenvalue weighted by Gasteiger charge is -2.32. The summed E-state index contributed by atoms with van der Waals surface area (Å²) in [6, 6.07) is 1.74. The molecule has 0 aromatic carbocycles. The lowest BCUT2D eigenvalue weighted by molar-refractivity contribution is 0.0212. The molecule has 24 heavy (non-hydrogen) atoms. The molecule has 1 aromatic heterocycles. The van der Waals surface area contributed by atoms with Crippen LogP contribution in [0.4, 0.5) is 5.95 Å². The molecule has 1 aliphatic rings. The zero-order valence-electron chi connectivity index (χ0n) is 14.5. The van der Waals surface area contributed by atoms with Crippen LogP contribution >= 0.6 is 0 Å². The Balaban J connectivity index is 1.56. The van der Waals surface area contributed by atoms with Crippen molar-refractivity contribution in [1.82, 2.24) is 9.97 Å². The first-order chi connectivity index (χ1) is 11.8. The minimum atomic E-state index is -0.0431. The van der Waals surface area contributed by atoms with Crippen molar-refractivity contribution in [3.05, 3.63) is 18.0 Å². The van der Waals surface area contributed by atoms with E-state index in [2.05, 4.69) is 14.9 Å². The molecule has 7 heteroatoms. The van der Waals surface area contributed by atoms with Crippen molar-refractivity contribution in [3.63, 3.8) is 0 Å². The average molecular weight is 339 g/mol. The van der Waals surface area contributed by atoms with Gasteiger partial charge in [0.2, 0.25) is 5.95 Å². The average Bonchev–Trinajstić information content (AvgIpc) is 2.64. The highest BCUT2D eigenvalue weighted by molar-refractivity contribution is 5.30. The second kappa shape index (κ2) is 11.3. The molecule has 1 aliphatic heterocycles. The van der Waals surface area contributed by atoms with E-state index in [-0.39, 0.29) is 6.61 Å². The molecule has 1 N–H and O–H groups in total. The molecule has 2 heterocycles. The number of hydrogen-bond acceptors (Lipinski definition) is 7. The summed E-state index contributed by atoms with van der Waals surface area (Å²) >= 11 is 0. The zero-order valence-corrected chi connectivity index (χ0v) is 14.5. The summed E-state index contributed by atoms with van der Waals surface area (Å²) in [5.74, 6) is 1.42. The van der Waals surface area contributed by atoms with Gasteiger partial charge < -0.3 is 24.2 Å². The molecular weight excluding hydrogens is 310 g/mol. The van der Waals surface area contributed by atoms with Crippen molar-refractivity contribution in [3.8, 4) is 0 Å². The van der Waals surface area contributed by atoms with Crippen LogP contribution in [0.25, 0.3) is 0 Å². The molecule has 1 aromatic rings. The minimum Gasteiger partial charge on any atom is -0.390 e. The van der Waals surface area contributed by atoms with E-state index in [0.29, 0.717) is 38.0 Å². The van der Waals surface area contributed by atoms with Crippen molar-refractivity contribution in [2.75, 3.05) is 58.1 Å². The standard InChI is InChI=1S/C17H29N3O4/c1-22-10-11-24-13-12-23-9-5-15-3-7-20(8-4-15)17-18-6-2-16(14-21)19-17/h2,6,15,21H,3-5,7-14H2,1H3. The smallest absolute Gasteiger partial charge is 0.225 e. The van der Waals surface area contributed by atoms with Crippen molar-refractivity contribution < 1.29 is 19.3 Å². The Labute approximate surface area is 144 Å². The largest absolute Gasteiger partial charge is 0.390 e. The SMILES string of the molecule is COCCOCCOCCC1CCN(c2nccc(CO)n2)CC1.